The van der Waals surface area contributed by atoms with E-state index in [0.717, 1.165) is 5.56 Å². The van der Waals surface area contributed by atoms with Gasteiger partial charge in [0.05, 0.1) is 13.2 Å². The number of halogens is 1. The zero-order chi connectivity index (χ0) is 16.7. The maximum atomic E-state index is 13.7. The summed E-state index contributed by atoms with van der Waals surface area (Å²) in [7, 11) is 3.16. The van der Waals surface area contributed by atoms with Gasteiger partial charge in [-0.3, -0.25) is 4.99 Å². The van der Waals surface area contributed by atoms with Crippen molar-refractivity contribution in [2.24, 2.45) is 4.99 Å². The number of hydrogen-bond acceptors (Lipinski definition) is 2. The predicted molar refractivity (Wildman–Crippen MR) is 91.1 cm³/mol. The highest BCUT2D eigenvalue weighted by Gasteiger charge is 2.08. The fraction of sp³-hybridized carbons (Fsp3) is 0.278. The Morgan fingerprint density at radius 1 is 1.22 bits per heavy atom. The molecule has 5 heteroatoms. The third kappa shape index (κ3) is 4.71. The number of rotatable bonds is 5. The molecule has 0 radical (unpaired) electrons. The Kier molecular flexibility index (Phi) is 5.97. The summed E-state index contributed by atoms with van der Waals surface area (Å²) in [6.07, 6.45) is 0. The highest BCUT2D eigenvalue weighted by Crippen LogP contribution is 2.17. The summed E-state index contributed by atoms with van der Waals surface area (Å²) in [5.41, 5.74) is 1.99. The molecule has 0 aliphatic carbocycles. The number of ether oxygens (including phenoxy) is 1. The molecule has 0 saturated carbocycles. The SMILES string of the molecule is CN=C(NCc1ccc(OC)c(F)c1)NC(C)c1ccccc1. The number of methoxy groups -OCH3 is 1. The lowest BCUT2D eigenvalue weighted by atomic mass is 10.1. The summed E-state index contributed by atoms with van der Waals surface area (Å²) in [6, 6.07) is 15.1. The molecule has 1 unspecified atom stereocenters. The number of benzene rings is 2. The molecular formula is C18H22FN3O. The van der Waals surface area contributed by atoms with Gasteiger partial charge < -0.3 is 15.4 Å². The van der Waals surface area contributed by atoms with Crippen LogP contribution in [0.3, 0.4) is 0 Å². The van der Waals surface area contributed by atoms with Crippen LogP contribution >= 0.6 is 0 Å². The smallest absolute Gasteiger partial charge is 0.191 e. The Morgan fingerprint density at radius 2 is 1.96 bits per heavy atom. The van der Waals surface area contributed by atoms with Crippen LogP contribution in [0, 0.1) is 5.82 Å². The fourth-order valence-electron chi connectivity index (χ4n) is 2.23. The summed E-state index contributed by atoms with van der Waals surface area (Å²) >= 11 is 0. The van der Waals surface area contributed by atoms with Crippen molar-refractivity contribution >= 4 is 5.96 Å². The maximum absolute atomic E-state index is 13.7. The Labute approximate surface area is 136 Å². The van der Waals surface area contributed by atoms with E-state index in [0.29, 0.717) is 12.5 Å². The third-order valence-corrected chi connectivity index (χ3v) is 3.55. The second-order valence-electron chi connectivity index (χ2n) is 5.17. The summed E-state index contributed by atoms with van der Waals surface area (Å²) < 4.78 is 18.6. The molecule has 0 saturated heterocycles. The topological polar surface area (TPSA) is 45.7 Å². The van der Waals surface area contributed by atoms with E-state index in [9.17, 15) is 4.39 Å². The van der Waals surface area contributed by atoms with Gasteiger partial charge in [0.1, 0.15) is 0 Å². The largest absolute Gasteiger partial charge is 0.494 e. The molecule has 122 valence electrons. The Balaban J connectivity index is 1.94. The van der Waals surface area contributed by atoms with Crippen LogP contribution in [-0.2, 0) is 6.54 Å². The fourth-order valence-corrected chi connectivity index (χ4v) is 2.23. The van der Waals surface area contributed by atoms with E-state index < -0.39 is 0 Å². The molecule has 0 spiro atoms. The number of nitrogens with zero attached hydrogens (tertiary/aromatic N) is 1. The standard InChI is InChI=1S/C18H22FN3O/c1-13(15-7-5-4-6-8-15)22-18(20-2)21-12-14-9-10-17(23-3)16(19)11-14/h4-11,13H,12H2,1-3H3,(H2,20,21,22). The van der Waals surface area contributed by atoms with Gasteiger partial charge in [0.25, 0.3) is 0 Å². The van der Waals surface area contributed by atoms with Crippen molar-refractivity contribution in [2.45, 2.75) is 19.5 Å². The molecule has 0 aliphatic heterocycles. The van der Waals surface area contributed by atoms with E-state index in [1.165, 1.54) is 18.7 Å². The van der Waals surface area contributed by atoms with Crippen LogP contribution < -0.4 is 15.4 Å². The number of hydrogen-bond donors (Lipinski definition) is 2. The van der Waals surface area contributed by atoms with E-state index in [-0.39, 0.29) is 17.6 Å². The van der Waals surface area contributed by atoms with Crippen LogP contribution in [-0.4, -0.2) is 20.1 Å². The average molecular weight is 315 g/mol. The molecule has 1 atom stereocenters. The Morgan fingerprint density at radius 3 is 2.57 bits per heavy atom. The van der Waals surface area contributed by atoms with Gasteiger partial charge in [-0.2, -0.15) is 0 Å². The average Bonchev–Trinajstić information content (AvgIpc) is 2.59. The lowest BCUT2D eigenvalue weighted by molar-refractivity contribution is 0.386. The van der Waals surface area contributed by atoms with E-state index in [4.69, 9.17) is 4.74 Å². The molecule has 0 aromatic heterocycles. The molecule has 0 bridgehead atoms. The normalized spacial score (nSPS) is 12.6. The van der Waals surface area contributed by atoms with Gasteiger partial charge in [0.15, 0.2) is 17.5 Å². The third-order valence-electron chi connectivity index (χ3n) is 3.55. The molecule has 0 amide bonds. The summed E-state index contributed by atoms with van der Waals surface area (Å²) in [4.78, 5) is 4.20. The van der Waals surface area contributed by atoms with Gasteiger partial charge in [-0.25, -0.2) is 4.39 Å². The van der Waals surface area contributed by atoms with Crippen molar-refractivity contribution in [2.75, 3.05) is 14.2 Å². The van der Waals surface area contributed by atoms with Crippen LogP contribution in [0.1, 0.15) is 24.1 Å². The number of nitrogens with one attached hydrogen (secondary N) is 2. The van der Waals surface area contributed by atoms with Crippen molar-refractivity contribution in [3.63, 3.8) is 0 Å². The first-order valence-corrected chi connectivity index (χ1v) is 7.48. The van der Waals surface area contributed by atoms with Crippen molar-refractivity contribution < 1.29 is 9.13 Å². The first kappa shape index (κ1) is 16.8. The van der Waals surface area contributed by atoms with E-state index >= 15 is 0 Å². The van der Waals surface area contributed by atoms with Crippen LogP contribution in [0.15, 0.2) is 53.5 Å². The first-order chi connectivity index (χ1) is 11.1. The van der Waals surface area contributed by atoms with Crippen LogP contribution in [0.25, 0.3) is 0 Å². The van der Waals surface area contributed by atoms with E-state index in [1.54, 1.807) is 13.1 Å². The second kappa shape index (κ2) is 8.17. The summed E-state index contributed by atoms with van der Waals surface area (Å²) in [5, 5.41) is 6.49. The minimum absolute atomic E-state index is 0.120. The quantitative estimate of drug-likeness (QED) is 0.657. The molecule has 2 aromatic carbocycles. The van der Waals surface area contributed by atoms with Crippen molar-refractivity contribution in [1.82, 2.24) is 10.6 Å². The van der Waals surface area contributed by atoms with Gasteiger partial charge in [0, 0.05) is 13.6 Å². The van der Waals surface area contributed by atoms with Gasteiger partial charge >= 0.3 is 0 Å². The van der Waals surface area contributed by atoms with Crippen LogP contribution in [0.2, 0.25) is 0 Å². The lowest BCUT2D eigenvalue weighted by Crippen LogP contribution is -2.38. The summed E-state index contributed by atoms with van der Waals surface area (Å²) in [5.74, 6) is 0.541. The molecule has 2 aromatic rings. The van der Waals surface area contributed by atoms with Gasteiger partial charge in [0.2, 0.25) is 0 Å². The minimum Gasteiger partial charge on any atom is -0.494 e. The van der Waals surface area contributed by atoms with E-state index in [2.05, 4.69) is 34.7 Å². The molecule has 23 heavy (non-hydrogen) atoms. The predicted octanol–water partition coefficient (Wildman–Crippen LogP) is 3.26. The van der Waals surface area contributed by atoms with Crippen molar-refractivity contribution in [3.05, 3.63) is 65.5 Å². The molecule has 0 heterocycles. The first-order valence-electron chi connectivity index (χ1n) is 7.48. The number of guanidine groups is 1. The van der Waals surface area contributed by atoms with Crippen LogP contribution in [0.4, 0.5) is 4.39 Å². The van der Waals surface area contributed by atoms with Crippen LogP contribution in [0.5, 0.6) is 5.75 Å². The van der Waals surface area contributed by atoms with Gasteiger partial charge in [-0.05, 0) is 30.2 Å². The molecular weight excluding hydrogens is 293 g/mol. The van der Waals surface area contributed by atoms with Crippen molar-refractivity contribution in [3.8, 4) is 5.75 Å². The molecule has 0 fully saturated rings. The molecule has 2 N–H and O–H groups in total. The lowest BCUT2D eigenvalue weighted by Gasteiger charge is -2.18. The Hall–Kier alpha value is -2.56. The monoisotopic (exact) mass is 315 g/mol. The van der Waals surface area contributed by atoms with Gasteiger partial charge in [-0.1, -0.05) is 36.4 Å². The number of aliphatic imine (C=N–C) groups is 1. The van der Waals surface area contributed by atoms with E-state index in [1.807, 2.05) is 24.3 Å². The zero-order valence-corrected chi connectivity index (χ0v) is 13.6. The second-order valence-corrected chi connectivity index (χ2v) is 5.17. The maximum Gasteiger partial charge on any atom is 0.191 e. The van der Waals surface area contributed by atoms with Crippen molar-refractivity contribution in [1.29, 1.82) is 0 Å². The molecule has 4 nitrogen and oxygen atoms in total. The molecule has 2 rings (SSSR count). The zero-order valence-electron chi connectivity index (χ0n) is 13.6. The summed E-state index contributed by atoms with van der Waals surface area (Å²) in [6.45, 7) is 2.54. The Bertz CT molecular complexity index is 659. The highest BCUT2D eigenvalue weighted by molar-refractivity contribution is 5.80. The highest BCUT2D eigenvalue weighted by atomic mass is 19.1. The molecule has 0 aliphatic rings. The van der Waals surface area contributed by atoms with Gasteiger partial charge in [-0.15, -0.1) is 0 Å². The minimum atomic E-state index is -0.368.